The minimum atomic E-state index is -0.922. The van der Waals surface area contributed by atoms with E-state index < -0.39 is 11.4 Å². The van der Waals surface area contributed by atoms with Crippen molar-refractivity contribution in [1.82, 2.24) is 4.72 Å². The highest BCUT2D eigenvalue weighted by Gasteiger charge is 1.95. The highest BCUT2D eigenvalue weighted by Crippen LogP contribution is 1.84. The van der Waals surface area contributed by atoms with E-state index in [2.05, 4.69) is 4.72 Å². The zero-order valence-electron chi connectivity index (χ0n) is 9.49. The molecule has 0 fully saturated rings. The molecule has 92 valence electrons. The maximum absolute atomic E-state index is 10.6. The van der Waals surface area contributed by atoms with Crippen LogP contribution in [0.2, 0.25) is 0 Å². The number of nitrogens with one attached hydrogen (secondary N) is 1. The lowest BCUT2D eigenvalue weighted by molar-refractivity contribution is 0.0245. The minimum absolute atomic E-state index is 0.594. The van der Waals surface area contributed by atoms with E-state index in [1.807, 2.05) is 0 Å². The Labute approximate surface area is 94.8 Å². The zero-order valence-corrected chi connectivity index (χ0v) is 10.3. The van der Waals surface area contributed by atoms with Gasteiger partial charge in [0.1, 0.15) is 6.26 Å². The molecule has 0 amide bonds. The third-order valence-corrected chi connectivity index (χ3v) is 2.19. The van der Waals surface area contributed by atoms with E-state index in [0.29, 0.717) is 39.6 Å². The summed E-state index contributed by atoms with van der Waals surface area (Å²) >= 11 is -0.922. The fourth-order valence-corrected chi connectivity index (χ4v) is 1.29. The standard InChI is InChI=1S/C9H21NO4S/c1-12-6-7-14-9-8-13-5-3-4-10-15(2)11/h10H,3-9H2,1-2H3. The summed E-state index contributed by atoms with van der Waals surface area (Å²) in [5, 5.41) is 0. The second kappa shape index (κ2) is 12.2. The summed E-state index contributed by atoms with van der Waals surface area (Å²) in [7, 11) is 1.64. The van der Waals surface area contributed by atoms with E-state index in [-0.39, 0.29) is 0 Å². The molecule has 5 nitrogen and oxygen atoms in total. The van der Waals surface area contributed by atoms with Gasteiger partial charge in [0.05, 0.1) is 26.4 Å². The Morgan fingerprint density at radius 1 is 1.07 bits per heavy atom. The average molecular weight is 239 g/mol. The SMILES string of the molecule is COCCOCCOCCCN[S+](C)[O-]. The van der Waals surface area contributed by atoms with Crippen molar-refractivity contribution in [3.8, 4) is 0 Å². The molecular weight excluding hydrogens is 218 g/mol. The molecule has 0 aliphatic heterocycles. The molecule has 15 heavy (non-hydrogen) atoms. The Kier molecular flexibility index (Phi) is 12.3. The van der Waals surface area contributed by atoms with Crippen molar-refractivity contribution in [2.75, 3.05) is 52.9 Å². The van der Waals surface area contributed by atoms with Gasteiger partial charge in [-0.3, -0.25) is 0 Å². The first-order valence-electron chi connectivity index (χ1n) is 4.98. The van der Waals surface area contributed by atoms with E-state index in [4.69, 9.17) is 14.2 Å². The van der Waals surface area contributed by atoms with Crippen LogP contribution in [0.25, 0.3) is 0 Å². The fraction of sp³-hybridized carbons (Fsp3) is 1.00. The van der Waals surface area contributed by atoms with Crippen molar-refractivity contribution in [2.45, 2.75) is 6.42 Å². The van der Waals surface area contributed by atoms with E-state index in [0.717, 1.165) is 6.42 Å². The Morgan fingerprint density at radius 3 is 2.27 bits per heavy atom. The quantitative estimate of drug-likeness (QED) is 0.404. The van der Waals surface area contributed by atoms with Crippen LogP contribution in [0.4, 0.5) is 0 Å². The van der Waals surface area contributed by atoms with Gasteiger partial charge in [0, 0.05) is 31.6 Å². The summed E-state index contributed by atoms with van der Waals surface area (Å²) in [5.41, 5.74) is 0. The van der Waals surface area contributed by atoms with Crippen LogP contribution >= 0.6 is 0 Å². The normalized spacial score (nSPS) is 13.0. The number of ether oxygens (including phenoxy) is 3. The molecule has 0 aromatic carbocycles. The largest absolute Gasteiger partial charge is 0.598 e. The van der Waals surface area contributed by atoms with Crippen LogP contribution in [0.15, 0.2) is 0 Å². The van der Waals surface area contributed by atoms with Crippen molar-refractivity contribution in [3.63, 3.8) is 0 Å². The summed E-state index contributed by atoms with van der Waals surface area (Å²) in [6, 6.07) is 0. The van der Waals surface area contributed by atoms with Crippen LogP contribution in [-0.2, 0) is 25.6 Å². The Morgan fingerprint density at radius 2 is 1.67 bits per heavy atom. The number of hydrogen-bond donors (Lipinski definition) is 1. The van der Waals surface area contributed by atoms with Gasteiger partial charge in [-0.15, -0.1) is 4.72 Å². The predicted octanol–water partition coefficient (Wildman–Crippen LogP) is -0.0608. The summed E-state index contributed by atoms with van der Waals surface area (Å²) in [6.07, 6.45) is 2.47. The van der Waals surface area contributed by atoms with Gasteiger partial charge in [0.15, 0.2) is 0 Å². The fourth-order valence-electron chi connectivity index (χ4n) is 0.854. The lowest BCUT2D eigenvalue weighted by Crippen LogP contribution is -2.24. The molecule has 1 atom stereocenters. The molecule has 0 aliphatic carbocycles. The number of hydrogen-bond acceptors (Lipinski definition) is 5. The van der Waals surface area contributed by atoms with Crippen LogP contribution < -0.4 is 4.72 Å². The number of rotatable bonds is 11. The first kappa shape index (κ1) is 15.2. The topological polar surface area (TPSA) is 62.8 Å². The van der Waals surface area contributed by atoms with Crippen LogP contribution in [-0.4, -0.2) is 57.5 Å². The molecule has 0 aromatic rings. The highest BCUT2D eigenvalue weighted by atomic mass is 32.2. The van der Waals surface area contributed by atoms with Crippen molar-refractivity contribution in [2.24, 2.45) is 0 Å². The van der Waals surface area contributed by atoms with Gasteiger partial charge in [-0.2, -0.15) is 0 Å². The van der Waals surface area contributed by atoms with Gasteiger partial charge in [0.25, 0.3) is 0 Å². The predicted molar refractivity (Wildman–Crippen MR) is 60.2 cm³/mol. The molecule has 0 aliphatic rings. The molecule has 0 heterocycles. The van der Waals surface area contributed by atoms with Gasteiger partial charge in [0.2, 0.25) is 0 Å². The molecular formula is C9H21NO4S. The molecule has 0 radical (unpaired) electrons. The Hall–Kier alpha value is 0.150. The summed E-state index contributed by atoms with van der Waals surface area (Å²) in [4.78, 5) is 0. The lowest BCUT2D eigenvalue weighted by Gasteiger charge is -2.07. The van der Waals surface area contributed by atoms with Crippen LogP contribution in [0.3, 0.4) is 0 Å². The van der Waals surface area contributed by atoms with Crippen molar-refractivity contribution in [1.29, 1.82) is 0 Å². The monoisotopic (exact) mass is 239 g/mol. The van der Waals surface area contributed by atoms with E-state index >= 15 is 0 Å². The molecule has 1 unspecified atom stereocenters. The van der Waals surface area contributed by atoms with E-state index in [1.54, 1.807) is 13.4 Å². The maximum atomic E-state index is 10.6. The van der Waals surface area contributed by atoms with Crippen molar-refractivity contribution in [3.05, 3.63) is 0 Å². The Balaban J connectivity index is 2.87. The molecule has 6 heteroatoms. The molecule has 0 spiro atoms. The molecule has 0 bridgehead atoms. The van der Waals surface area contributed by atoms with Crippen molar-refractivity contribution < 1.29 is 18.8 Å². The lowest BCUT2D eigenvalue weighted by atomic mass is 10.5. The highest BCUT2D eigenvalue weighted by molar-refractivity contribution is 7.88. The van der Waals surface area contributed by atoms with Crippen molar-refractivity contribution >= 4 is 11.4 Å². The van der Waals surface area contributed by atoms with Gasteiger partial charge < -0.3 is 18.8 Å². The van der Waals surface area contributed by atoms with Gasteiger partial charge in [-0.05, 0) is 6.42 Å². The van der Waals surface area contributed by atoms with Gasteiger partial charge in [-0.1, -0.05) is 0 Å². The first-order chi connectivity index (χ1) is 7.27. The average Bonchev–Trinajstić information content (AvgIpc) is 2.20. The summed E-state index contributed by atoms with van der Waals surface area (Å²) in [6.45, 7) is 3.80. The molecule has 0 aromatic heterocycles. The maximum Gasteiger partial charge on any atom is 0.115 e. The third-order valence-electron chi connectivity index (χ3n) is 1.57. The number of methoxy groups -OCH3 is 1. The van der Waals surface area contributed by atoms with E-state index in [9.17, 15) is 4.55 Å². The smallest absolute Gasteiger partial charge is 0.115 e. The molecule has 0 saturated carbocycles. The van der Waals surface area contributed by atoms with Crippen LogP contribution in [0, 0.1) is 0 Å². The second-order valence-corrected chi connectivity index (χ2v) is 4.12. The zero-order chi connectivity index (χ0) is 11.4. The summed E-state index contributed by atoms with van der Waals surface area (Å²) < 4.78 is 28.7. The molecule has 0 rings (SSSR count). The Bertz CT molecular complexity index is 127. The van der Waals surface area contributed by atoms with Crippen LogP contribution in [0.5, 0.6) is 0 Å². The van der Waals surface area contributed by atoms with Crippen LogP contribution in [0.1, 0.15) is 6.42 Å². The molecule has 1 N–H and O–H groups in total. The second-order valence-electron chi connectivity index (χ2n) is 2.92. The molecule has 0 saturated heterocycles. The third kappa shape index (κ3) is 14.2. The minimum Gasteiger partial charge on any atom is -0.598 e. The summed E-state index contributed by atoms with van der Waals surface area (Å²) in [5.74, 6) is 0. The van der Waals surface area contributed by atoms with Gasteiger partial charge >= 0.3 is 0 Å². The van der Waals surface area contributed by atoms with Gasteiger partial charge in [-0.25, -0.2) is 0 Å². The van der Waals surface area contributed by atoms with E-state index in [1.165, 1.54) is 0 Å². The first-order valence-corrected chi connectivity index (χ1v) is 6.54.